The molecule has 0 bridgehead atoms. The zero-order valence-electron chi connectivity index (χ0n) is 7.50. The van der Waals surface area contributed by atoms with Crippen LogP contribution >= 0.6 is 0 Å². The first-order valence-corrected chi connectivity index (χ1v) is 2.22. The third kappa shape index (κ3) is 1.10. The summed E-state index contributed by atoms with van der Waals surface area (Å²) in [6.45, 7) is -2.85. The largest absolute Gasteiger partial charge is 0.367 e. The number of nitrogens with two attached hydrogens (primary N) is 1. The highest BCUT2D eigenvalue weighted by Crippen LogP contribution is 1.93. The lowest BCUT2D eigenvalue weighted by molar-refractivity contribution is -0.145. The van der Waals surface area contributed by atoms with Gasteiger partial charge >= 0.3 is 5.97 Å². The molecule has 5 nitrogen and oxygen atoms in total. The van der Waals surface area contributed by atoms with E-state index in [2.05, 4.69) is 9.99 Å². The lowest BCUT2D eigenvalue weighted by atomic mass is 10.6. The highest BCUT2D eigenvalue weighted by atomic mass is 16.7. The van der Waals surface area contributed by atoms with E-state index in [4.69, 9.17) is 9.85 Å². The van der Waals surface area contributed by atoms with Crippen molar-refractivity contribution in [3.63, 3.8) is 0 Å². The van der Waals surface area contributed by atoms with Gasteiger partial charge in [0, 0.05) is 11.1 Å². The van der Waals surface area contributed by atoms with E-state index in [1.54, 1.807) is 0 Å². The van der Waals surface area contributed by atoms with Gasteiger partial charge in [-0.25, -0.2) is 4.79 Å². The normalized spacial score (nSPS) is 25.3. The van der Waals surface area contributed by atoms with E-state index in [0.29, 0.717) is 4.90 Å². The lowest BCUT2D eigenvalue weighted by Crippen LogP contribution is -2.41. The van der Waals surface area contributed by atoms with Crippen molar-refractivity contribution >= 4 is 11.9 Å². The maximum Gasteiger partial charge on any atom is 0.354 e. The monoisotopic (exact) mass is 132 g/mol. The highest BCUT2D eigenvalue weighted by molar-refractivity contribution is 5.85. The second-order valence-corrected chi connectivity index (χ2v) is 1.50. The molecule has 0 aliphatic carbocycles. The summed E-state index contributed by atoms with van der Waals surface area (Å²) < 4.78 is 20.8. The third-order valence-electron chi connectivity index (χ3n) is 0.805. The summed E-state index contributed by atoms with van der Waals surface area (Å²) in [4.78, 5) is 15.4. The Morgan fingerprint density at radius 1 is 2.11 bits per heavy atom. The fourth-order valence-corrected chi connectivity index (χ4v) is 0.386. The molecular weight excluding hydrogens is 122 g/mol. The zero-order chi connectivity index (χ0) is 9.35. The Morgan fingerprint density at radius 3 is 3.44 bits per heavy atom. The van der Waals surface area contributed by atoms with E-state index in [1.165, 1.54) is 0 Å². The van der Waals surface area contributed by atoms with Crippen LogP contribution in [0.4, 0.5) is 0 Å². The van der Waals surface area contributed by atoms with Crippen LogP contribution in [0.15, 0.2) is 5.16 Å². The molecule has 0 spiro atoms. The molecule has 0 amide bonds. The van der Waals surface area contributed by atoms with Gasteiger partial charge in [0.1, 0.15) is 6.54 Å². The predicted molar refractivity (Wildman–Crippen MR) is 30.3 cm³/mol. The molecule has 0 aromatic rings. The van der Waals surface area contributed by atoms with Gasteiger partial charge in [0.2, 0.25) is 5.96 Å². The van der Waals surface area contributed by atoms with Gasteiger partial charge in [0.15, 0.2) is 0 Å². The first-order valence-electron chi connectivity index (χ1n) is 3.72. The molecule has 0 saturated heterocycles. The Balaban J connectivity index is 2.83. The molecule has 1 rings (SSSR count). The summed E-state index contributed by atoms with van der Waals surface area (Å²) in [5, 5.41) is 3.07. The summed E-state index contributed by atoms with van der Waals surface area (Å²) >= 11 is 0. The average molecular weight is 132 g/mol. The van der Waals surface area contributed by atoms with Gasteiger partial charge in [-0.15, -0.1) is 0 Å². The smallest absolute Gasteiger partial charge is 0.354 e. The van der Waals surface area contributed by atoms with E-state index in [0.717, 1.165) is 0 Å². The molecule has 2 N–H and O–H groups in total. The molecule has 0 atom stereocenters. The molecule has 50 valence electrons. The number of oxime groups is 1. The van der Waals surface area contributed by atoms with Gasteiger partial charge < -0.3 is 15.5 Å². The second kappa shape index (κ2) is 1.93. The van der Waals surface area contributed by atoms with Crippen LogP contribution in [-0.4, -0.2) is 30.3 Å². The molecule has 0 aromatic carbocycles. The molecule has 9 heavy (non-hydrogen) atoms. The molecule has 1 aliphatic rings. The van der Waals surface area contributed by atoms with Crippen LogP contribution in [0.25, 0.3) is 0 Å². The van der Waals surface area contributed by atoms with Crippen LogP contribution in [-0.2, 0) is 9.63 Å². The van der Waals surface area contributed by atoms with Crippen LogP contribution in [0.5, 0.6) is 0 Å². The molecule has 0 radical (unpaired) electrons. The molecule has 0 unspecified atom stereocenters. The maximum atomic E-state index is 10.6. The number of likely N-dealkylation sites (N-methyl/N-ethyl adjacent to an activating group) is 1. The predicted octanol–water partition coefficient (Wildman–Crippen LogP) is -1.30. The number of carbonyl (C=O) groups is 1. The SMILES string of the molecule is [2H]C([2H])([2H])N1CC(=O)ON=C1N. The number of rotatable bonds is 0. The van der Waals surface area contributed by atoms with Crippen LogP contribution in [0, 0.1) is 0 Å². The summed E-state index contributed by atoms with van der Waals surface area (Å²) in [7, 11) is 0. The number of nitrogens with zero attached hydrogens (tertiary/aromatic N) is 2. The molecule has 0 saturated carbocycles. The van der Waals surface area contributed by atoms with Gasteiger partial charge in [-0.1, -0.05) is 0 Å². The summed E-state index contributed by atoms with van der Waals surface area (Å²) in [6.07, 6.45) is 0. The van der Waals surface area contributed by atoms with E-state index >= 15 is 0 Å². The molecule has 5 heteroatoms. The van der Waals surface area contributed by atoms with Crippen molar-refractivity contribution in [3.05, 3.63) is 0 Å². The number of hydrogen-bond acceptors (Lipinski definition) is 5. The summed E-state index contributed by atoms with van der Waals surface area (Å²) in [6, 6.07) is 0. The Morgan fingerprint density at radius 2 is 2.89 bits per heavy atom. The third-order valence-corrected chi connectivity index (χ3v) is 0.805. The van der Waals surface area contributed by atoms with Gasteiger partial charge in [-0.3, -0.25) is 0 Å². The van der Waals surface area contributed by atoms with Crippen LogP contribution in [0.1, 0.15) is 4.11 Å². The average Bonchev–Trinajstić information content (AvgIpc) is 1.92. The summed E-state index contributed by atoms with van der Waals surface area (Å²) in [5.41, 5.74) is 5.17. The van der Waals surface area contributed by atoms with Crippen molar-refractivity contribution in [1.82, 2.24) is 4.90 Å². The second-order valence-electron chi connectivity index (χ2n) is 1.50. The van der Waals surface area contributed by atoms with Crippen molar-refractivity contribution in [2.75, 3.05) is 13.5 Å². The number of guanidine groups is 1. The molecule has 1 heterocycles. The van der Waals surface area contributed by atoms with Crippen LogP contribution < -0.4 is 5.73 Å². The van der Waals surface area contributed by atoms with Crippen LogP contribution in [0.2, 0.25) is 0 Å². The van der Waals surface area contributed by atoms with Crippen LogP contribution in [0.3, 0.4) is 0 Å². The van der Waals surface area contributed by atoms with Crippen molar-refractivity contribution in [1.29, 1.82) is 0 Å². The van der Waals surface area contributed by atoms with Gasteiger partial charge in [0.05, 0.1) is 0 Å². The van der Waals surface area contributed by atoms with Gasteiger partial charge in [0.25, 0.3) is 0 Å². The zero-order valence-corrected chi connectivity index (χ0v) is 4.50. The van der Waals surface area contributed by atoms with Crippen molar-refractivity contribution in [2.45, 2.75) is 0 Å². The molecule has 0 aromatic heterocycles. The van der Waals surface area contributed by atoms with E-state index < -0.39 is 19.5 Å². The van der Waals surface area contributed by atoms with E-state index in [9.17, 15) is 4.79 Å². The quantitative estimate of drug-likeness (QED) is 0.416. The highest BCUT2D eigenvalue weighted by Gasteiger charge is 2.15. The fourth-order valence-electron chi connectivity index (χ4n) is 0.386. The standard InChI is InChI=1S/C4H7N3O2/c1-7-2-3(8)9-6-4(7)5/h2H2,1H3,(H2,5,6)/i1D3. The van der Waals surface area contributed by atoms with E-state index in [-0.39, 0.29) is 5.96 Å². The fraction of sp³-hybridized carbons (Fsp3) is 0.500. The summed E-state index contributed by atoms with van der Waals surface area (Å²) in [5.74, 6) is -1.05. The molecule has 1 aliphatic heterocycles. The maximum absolute atomic E-state index is 10.6. The molecular formula is C4H7N3O2. The minimum atomic E-state index is -2.45. The first kappa shape index (κ1) is 3.05. The van der Waals surface area contributed by atoms with Gasteiger partial charge in [-0.2, -0.15) is 0 Å². The minimum absolute atomic E-state index is 0.311. The van der Waals surface area contributed by atoms with E-state index in [1.807, 2.05) is 0 Å². The Labute approximate surface area is 56.3 Å². The minimum Gasteiger partial charge on any atom is -0.367 e. The Hall–Kier alpha value is -1.26. The van der Waals surface area contributed by atoms with Crippen molar-refractivity contribution < 1.29 is 13.7 Å². The van der Waals surface area contributed by atoms with Crippen molar-refractivity contribution in [3.8, 4) is 0 Å². The first-order chi connectivity index (χ1) is 5.41. The van der Waals surface area contributed by atoms with Gasteiger partial charge in [-0.05, 0) is 5.16 Å². The number of carbonyl (C=O) groups excluding carboxylic acids is 1. The van der Waals surface area contributed by atoms with Crippen molar-refractivity contribution in [2.24, 2.45) is 10.9 Å². The number of hydrogen-bond donors (Lipinski definition) is 1. The lowest BCUT2D eigenvalue weighted by Gasteiger charge is -2.18. The Kier molecular flexibility index (Phi) is 0.652. The molecule has 0 fully saturated rings. The topological polar surface area (TPSA) is 67.9 Å². The Bertz CT molecular complexity index is 236.